The van der Waals surface area contributed by atoms with Gasteiger partial charge in [0.2, 0.25) is 10.0 Å². The number of fused-ring (bicyclic) bond motifs is 1. The molecule has 7 nitrogen and oxygen atoms in total. The van der Waals surface area contributed by atoms with Crippen molar-refractivity contribution in [1.29, 1.82) is 0 Å². The van der Waals surface area contributed by atoms with E-state index in [1.54, 1.807) is 0 Å². The van der Waals surface area contributed by atoms with Crippen molar-refractivity contribution in [2.45, 2.75) is 38.6 Å². The quantitative estimate of drug-likeness (QED) is 0.747. The van der Waals surface area contributed by atoms with Gasteiger partial charge in [-0.1, -0.05) is 6.07 Å². The van der Waals surface area contributed by atoms with Crippen LogP contribution in [0.25, 0.3) is 0 Å². The molecular formula is C19H28N2O5S. The van der Waals surface area contributed by atoms with Crippen LogP contribution >= 0.6 is 0 Å². The minimum Gasteiger partial charge on any atom is -0.494 e. The first kappa shape index (κ1) is 19.9. The van der Waals surface area contributed by atoms with E-state index in [0.29, 0.717) is 38.7 Å². The molecule has 0 atom stereocenters. The molecule has 1 N–H and O–H groups in total. The summed E-state index contributed by atoms with van der Waals surface area (Å²) in [5.41, 5.74) is 2.21. The van der Waals surface area contributed by atoms with Gasteiger partial charge in [-0.25, -0.2) is 13.2 Å². The smallest absolute Gasteiger partial charge is 0.407 e. The molecule has 150 valence electrons. The second-order valence-electron chi connectivity index (χ2n) is 7.48. The molecule has 2 aliphatic heterocycles. The van der Waals surface area contributed by atoms with Crippen molar-refractivity contribution < 1.29 is 23.1 Å². The van der Waals surface area contributed by atoms with Gasteiger partial charge in [0.05, 0.1) is 12.9 Å². The van der Waals surface area contributed by atoms with Gasteiger partial charge in [0.25, 0.3) is 0 Å². The molecule has 0 aromatic heterocycles. The molecule has 0 spiro atoms. The van der Waals surface area contributed by atoms with Gasteiger partial charge < -0.3 is 14.7 Å². The lowest BCUT2D eigenvalue weighted by atomic mass is 9.92. The topological polar surface area (TPSA) is 87.2 Å². The molecule has 1 amide bonds. The average Bonchev–Trinajstić information content (AvgIpc) is 2.64. The lowest BCUT2D eigenvalue weighted by Crippen LogP contribution is -2.37. The molecule has 0 unspecified atom stereocenters. The Balaban J connectivity index is 1.44. The van der Waals surface area contributed by atoms with Gasteiger partial charge in [-0.15, -0.1) is 0 Å². The Bertz CT molecular complexity index is 772. The van der Waals surface area contributed by atoms with Crippen molar-refractivity contribution in [3.05, 3.63) is 29.3 Å². The first-order valence-electron chi connectivity index (χ1n) is 9.50. The molecule has 2 aliphatic rings. The highest BCUT2D eigenvalue weighted by Crippen LogP contribution is 2.26. The summed E-state index contributed by atoms with van der Waals surface area (Å²) < 4.78 is 30.9. The second-order valence-corrected chi connectivity index (χ2v) is 9.46. The number of hydrogen-bond acceptors (Lipinski definition) is 4. The molecule has 1 aromatic rings. The molecule has 0 bridgehead atoms. The normalized spacial score (nSPS) is 18.9. The van der Waals surface area contributed by atoms with Gasteiger partial charge >= 0.3 is 6.09 Å². The molecule has 1 saturated heterocycles. The molecule has 1 fully saturated rings. The Hall–Kier alpha value is -1.80. The van der Waals surface area contributed by atoms with E-state index < -0.39 is 16.1 Å². The van der Waals surface area contributed by atoms with Crippen LogP contribution in [0.5, 0.6) is 5.75 Å². The van der Waals surface area contributed by atoms with Crippen molar-refractivity contribution in [1.82, 2.24) is 9.21 Å². The van der Waals surface area contributed by atoms with Crippen LogP contribution in [0.1, 0.15) is 36.8 Å². The number of piperidine rings is 1. The summed E-state index contributed by atoms with van der Waals surface area (Å²) in [7, 11) is -3.17. The highest BCUT2D eigenvalue weighted by atomic mass is 32.2. The van der Waals surface area contributed by atoms with Gasteiger partial charge in [-0.05, 0) is 61.3 Å². The minimum absolute atomic E-state index is 0.410. The van der Waals surface area contributed by atoms with Crippen molar-refractivity contribution in [2.24, 2.45) is 5.92 Å². The fourth-order valence-electron chi connectivity index (χ4n) is 3.86. The number of amides is 1. The maximum atomic E-state index is 11.8. The second kappa shape index (κ2) is 8.48. The van der Waals surface area contributed by atoms with E-state index >= 15 is 0 Å². The third-order valence-corrected chi connectivity index (χ3v) is 6.78. The average molecular weight is 397 g/mol. The van der Waals surface area contributed by atoms with E-state index in [0.717, 1.165) is 43.4 Å². The molecule has 3 rings (SSSR count). The Morgan fingerprint density at radius 2 is 1.96 bits per heavy atom. The molecule has 8 heteroatoms. The molecule has 0 saturated carbocycles. The first-order valence-corrected chi connectivity index (χ1v) is 11.4. The number of carbonyl (C=O) groups is 1. The Labute approximate surface area is 161 Å². The van der Waals surface area contributed by atoms with Gasteiger partial charge in [0.15, 0.2) is 0 Å². The van der Waals surface area contributed by atoms with Gasteiger partial charge in [0.1, 0.15) is 5.75 Å². The summed E-state index contributed by atoms with van der Waals surface area (Å²) in [6.45, 7) is 2.82. The lowest BCUT2D eigenvalue weighted by molar-refractivity contribution is 0.121. The van der Waals surface area contributed by atoms with Gasteiger partial charge in [0, 0.05) is 26.2 Å². The van der Waals surface area contributed by atoms with Gasteiger partial charge in [-0.3, -0.25) is 0 Å². The van der Waals surface area contributed by atoms with E-state index in [4.69, 9.17) is 9.84 Å². The van der Waals surface area contributed by atoms with Crippen molar-refractivity contribution in [3.8, 4) is 5.75 Å². The van der Waals surface area contributed by atoms with E-state index in [9.17, 15) is 13.2 Å². The van der Waals surface area contributed by atoms with Crippen molar-refractivity contribution in [3.63, 3.8) is 0 Å². The fourth-order valence-corrected chi connectivity index (χ4v) is 4.65. The number of sulfonamides is 1. The zero-order valence-corrected chi connectivity index (χ0v) is 16.6. The molecule has 2 heterocycles. The molecule has 27 heavy (non-hydrogen) atoms. The molecule has 1 aromatic carbocycles. The van der Waals surface area contributed by atoms with E-state index in [1.807, 2.05) is 18.2 Å². The zero-order chi connectivity index (χ0) is 19.4. The maximum Gasteiger partial charge on any atom is 0.407 e. The van der Waals surface area contributed by atoms with Crippen LogP contribution in [0.3, 0.4) is 0 Å². The minimum atomic E-state index is -3.17. The number of likely N-dealkylation sites (tertiary alicyclic amines) is 1. The number of nitrogens with zero attached hydrogens (tertiary/aromatic N) is 2. The summed E-state index contributed by atoms with van der Waals surface area (Å²) in [6.07, 6.45) is 4.99. The van der Waals surface area contributed by atoms with E-state index in [2.05, 4.69) is 0 Å². The number of ether oxygens (including phenoxy) is 1. The number of hydrogen-bond donors (Lipinski definition) is 1. The number of rotatable bonds is 6. The maximum absolute atomic E-state index is 11.8. The predicted molar refractivity (Wildman–Crippen MR) is 102 cm³/mol. The van der Waals surface area contributed by atoms with Crippen molar-refractivity contribution in [2.75, 3.05) is 32.5 Å². The van der Waals surface area contributed by atoms with E-state index in [-0.39, 0.29) is 0 Å². The Morgan fingerprint density at radius 3 is 2.63 bits per heavy atom. The van der Waals surface area contributed by atoms with E-state index in [1.165, 1.54) is 21.0 Å². The summed E-state index contributed by atoms with van der Waals surface area (Å²) >= 11 is 0. The summed E-state index contributed by atoms with van der Waals surface area (Å²) in [6, 6.07) is 5.95. The third-order valence-electron chi connectivity index (χ3n) is 5.53. The third kappa shape index (κ3) is 5.35. The summed E-state index contributed by atoms with van der Waals surface area (Å²) in [5, 5.41) is 8.98. The standard InChI is InChI=1S/C19H28N2O5S/c1-27(24,25)21-11-8-16-4-5-18(13-17(16)14-21)26-12-2-3-15-6-9-20(10-7-15)19(22)23/h4-5,13,15H,2-3,6-12,14H2,1H3,(H,22,23). The van der Waals surface area contributed by atoms with Crippen molar-refractivity contribution >= 4 is 16.1 Å². The zero-order valence-electron chi connectivity index (χ0n) is 15.8. The van der Waals surface area contributed by atoms with Crippen LogP contribution in [0.2, 0.25) is 0 Å². The highest BCUT2D eigenvalue weighted by molar-refractivity contribution is 7.88. The van der Waals surface area contributed by atoms with Crippen LogP contribution in [0, 0.1) is 5.92 Å². The fraction of sp³-hybridized carbons (Fsp3) is 0.632. The molecule has 0 radical (unpaired) electrons. The van der Waals surface area contributed by atoms with Crippen LogP contribution in [-0.4, -0.2) is 61.3 Å². The number of benzene rings is 1. The van der Waals surface area contributed by atoms with Crippen LogP contribution < -0.4 is 4.74 Å². The van der Waals surface area contributed by atoms with Crippen LogP contribution in [0.4, 0.5) is 4.79 Å². The van der Waals surface area contributed by atoms with Crippen LogP contribution in [-0.2, 0) is 23.0 Å². The Morgan fingerprint density at radius 1 is 1.22 bits per heavy atom. The molecule has 0 aliphatic carbocycles. The SMILES string of the molecule is CS(=O)(=O)N1CCc2ccc(OCCCC3CCN(C(=O)O)CC3)cc2C1. The van der Waals surface area contributed by atoms with Crippen LogP contribution in [0.15, 0.2) is 18.2 Å². The largest absolute Gasteiger partial charge is 0.494 e. The monoisotopic (exact) mass is 396 g/mol. The lowest BCUT2D eigenvalue weighted by Gasteiger charge is -2.30. The predicted octanol–water partition coefficient (Wildman–Crippen LogP) is 2.55. The van der Waals surface area contributed by atoms with Gasteiger partial charge in [-0.2, -0.15) is 4.31 Å². The summed E-state index contributed by atoms with van der Waals surface area (Å²) in [4.78, 5) is 12.4. The molecular weight excluding hydrogens is 368 g/mol. The Kier molecular flexibility index (Phi) is 6.26. The highest BCUT2D eigenvalue weighted by Gasteiger charge is 2.24. The first-order chi connectivity index (χ1) is 12.8. The summed E-state index contributed by atoms with van der Waals surface area (Å²) in [5.74, 6) is 1.35. The number of carboxylic acid groups (broad SMARTS) is 1.